The summed E-state index contributed by atoms with van der Waals surface area (Å²) in [6.07, 6.45) is 6.13. The van der Waals surface area contributed by atoms with E-state index in [2.05, 4.69) is 10.6 Å². The molecule has 0 aliphatic heterocycles. The lowest BCUT2D eigenvalue weighted by Gasteiger charge is -2.24. The summed E-state index contributed by atoms with van der Waals surface area (Å²) >= 11 is 11.1. The van der Waals surface area contributed by atoms with Crippen LogP contribution < -0.4 is 10.6 Å². The SMILES string of the molecule is Oc1c(Cl)cccc1NC(=S)NC1CCCCC1. The molecule has 0 spiro atoms. The van der Waals surface area contributed by atoms with Crippen LogP contribution >= 0.6 is 23.8 Å². The summed E-state index contributed by atoms with van der Waals surface area (Å²) in [6, 6.07) is 5.60. The predicted molar refractivity (Wildman–Crippen MR) is 79.3 cm³/mol. The van der Waals surface area contributed by atoms with Gasteiger partial charge in [0.15, 0.2) is 10.9 Å². The van der Waals surface area contributed by atoms with Crippen molar-refractivity contribution < 1.29 is 5.11 Å². The minimum atomic E-state index is 0.0342. The summed E-state index contributed by atoms with van der Waals surface area (Å²) in [5, 5.41) is 16.9. The van der Waals surface area contributed by atoms with Crippen molar-refractivity contribution >= 4 is 34.6 Å². The molecule has 1 fully saturated rings. The van der Waals surface area contributed by atoms with E-state index < -0.39 is 0 Å². The second kappa shape index (κ2) is 6.25. The second-order valence-corrected chi connectivity index (χ2v) is 5.38. The van der Waals surface area contributed by atoms with Crippen LogP contribution in [-0.2, 0) is 0 Å². The van der Waals surface area contributed by atoms with Gasteiger partial charge < -0.3 is 15.7 Å². The van der Waals surface area contributed by atoms with E-state index in [4.69, 9.17) is 23.8 Å². The van der Waals surface area contributed by atoms with Gasteiger partial charge in [0.05, 0.1) is 10.7 Å². The van der Waals surface area contributed by atoms with Crippen LogP contribution in [0.1, 0.15) is 32.1 Å². The summed E-state index contributed by atoms with van der Waals surface area (Å²) in [5.41, 5.74) is 0.538. The smallest absolute Gasteiger partial charge is 0.171 e. The van der Waals surface area contributed by atoms with E-state index in [1.165, 1.54) is 19.3 Å². The van der Waals surface area contributed by atoms with Crippen LogP contribution in [0.5, 0.6) is 5.75 Å². The van der Waals surface area contributed by atoms with Gasteiger partial charge in [-0.15, -0.1) is 0 Å². The van der Waals surface area contributed by atoms with Gasteiger partial charge in [-0.25, -0.2) is 0 Å². The minimum Gasteiger partial charge on any atom is -0.504 e. The number of nitrogens with one attached hydrogen (secondary N) is 2. The number of phenols is 1. The van der Waals surface area contributed by atoms with E-state index in [-0.39, 0.29) is 5.75 Å². The monoisotopic (exact) mass is 284 g/mol. The van der Waals surface area contributed by atoms with Gasteiger partial charge in [0.1, 0.15) is 0 Å². The zero-order chi connectivity index (χ0) is 13.0. The van der Waals surface area contributed by atoms with E-state index >= 15 is 0 Å². The highest BCUT2D eigenvalue weighted by molar-refractivity contribution is 7.80. The summed E-state index contributed by atoms with van der Waals surface area (Å²) in [6.45, 7) is 0. The van der Waals surface area contributed by atoms with Gasteiger partial charge in [-0.05, 0) is 37.2 Å². The van der Waals surface area contributed by atoms with Gasteiger partial charge in [-0.2, -0.15) is 0 Å². The number of aromatic hydroxyl groups is 1. The molecule has 5 heteroatoms. The third kappa shape index (κ3) is 3.50. The molecule has 1 aromatic carbocycles. The fraction of sp³-hybridized carbons (Fsp3) is 0.462. The molecule has 2 rings (SSSR count). The van der Waals surface area contributed by atoms with Crippen LogP contribution in [-0.4, -0.2) is 16.3 Å². The number of anilines is 1. The van der Waals surface area contributed by atoms with Crippen molar-refractivity contribution in [1.82, 2.24) is 5.32 Å². The van der Waals surface area contributed by atoms with Gasteiger partial charge in [-0.1, -0.05) is 36.9 Å². The molecule has 3 nitrogen and oxygen atoms in total. The number of phenolic OH excluding ortho intramolecular Hbond substituents is 1. The number of para-hydroxylation sites is 1. The highest BCUT2D eigenvalue weighted by Gasteiger charge is 2.14. The zero-order valence-electron chi connectivity index (χ0n) is 10.1. The molecule has 1 saturated carbocycles. The average Bonchev–Trinajstić information content (AvgIpc) is 2.36. The Labute approximate surface area is 118 Å². The molecule has 0 radical (unpaired) electrons. The Morgan fingerprint density at radius 3 is 2.72 bits per heavy atom. The molecule has 0 unspecified atom stereocenters. The summed E-state index contributed by atoms with van der Waals surface area (Å²) < 4.78 is 0. The Morgan fingerprint density at radius 1 is 1.28 bits per heavy atom. The predicted octanol–water partition coefficient (Wildman–Crippen LogP) is 3.66. The van der Waals surface area contributed by atoms with Gasteiger partial charge in [0, 0.05) is 6.04 Å². The molecule has 0 amide bonds. The number of hydrogen-bond donors (Lipinski definition) is 3. The molecule has 3 N–H and O–H groups in total. The number of rotatable bonds is 2. The maximum Gasteiger partial charge on any atom is 0.171 e. The molecule has 0 bridgehead atoms. The molecule has 1 aliphatic rings. The van der Waals surface area contributed by atoms with E-state index in [0.29, 0.717) is 21.9 Å². The lowest BCUT2D eigenvalue weighted by molar-refractivity contribution is 0.414. The first-order valence-electron chi connectivity index (χ1n) is 6.22. The fourth-order valence-electron chi connectivity index (χ4n) is 2.21. The molecule has 18 heavy (non-hydrogen) atoms. The Balaban J connectivity index is 1.92. The first-order valence-corrected chi connectivity index (χ1v) is 7.00. The highest BCUT2D eigenvalue weighted by Crippen LogP contribution is 2.31. The topological polar surface area (TPSA) is 44.3 Å². The number of benzene rings is 1. The van der Waals surface area contributed by atoms with Gasteiger partial charge >= 0.3 is 0 Å². The maximum atomic E-state index is 9.77. The quantitative estimate of drug-likeness (QED) is 0.573. The molecule has 0 saturated heterocycles. The first-order chi connectivity index (χ1) is 8.66. The first kappa shape index (κ1) is 13.4. The number of thiocarbonyl (C=S) groups is 1. The van der Waals surface area contributed by atoms with E-state index in [0.717, 1.165) is 12.8 Å². The molecule has 0 heterocycles. The van der Waals surface area contributed by atoms with Crippen molar-refractivity contribution in [2.45, 2.75) is 38.1 Å². The van der Waals surface area contributed by atoms with Gasteiger partial charge in [0.2, 0.25) is 0 Å². The number of hydrogen-bond acceptors (Lipinski definition) is 2. The Hall–Kier alpha value is -1.00. The lowest BCUT2D eigenvalue weighted by atomic mass is 9.96. The van der Waals surface area contributed by atoms with Crippen molar-refractivity contribution in [3.8, 4) is 5.75 Å². The van der Waals surface area contributed by atoms with Crippen molar-refractivity contribution in [2.75, 3.05) is 5.32 Å². The molecule has 98 valence electrons. The van der Waals surface area contributed by atoms with Crippen LogP contribution in [0.2, 0.25) is 5.02 Å². The third-order valence-electron chi connectivity index (χ3n) is 3.18. The average molecular weight is 285 g/mol. The third-order valence-corrected chi connectivity index (χ3v) is 3.70. The standard InChI is InChI=1S/C13H17ClN2OS/c14-10-7-4-8-11(12(10)17)16-13(18)15-9-5-2-1-3-6-9/h4,7-9,17H,1-3,5-6H2,(H2,15,16,18). The van der Waals surface area contributed by atoms with Gasteiger partial charge in [0.25, 0.3) is 0 Å². The Kier molecular flexibility index (Phi) is 4.66. The van der Waals surface area contributed by atoms with Crippen molar-refractivity contribution in [3.63, 3.8) is 0 Å². The maximum absolute atomic E-state index is 9.77. The minimum absolute atomic E-state index is 0.0342. The summed E-state index contributed by atoms with van der Waals surface area (Å²) in [5.74, 6) is 0.0342. The largest absolute Gasteiger partial charge is 0.504 e. The van der Waals surface area contributed by atoms with Crippen LogP contribution in [0.4, 0.5) is 5.69 Å². The van der Waals surface area contributed by atoms with Crippen LogP contribution in [0.15, 0.2) is 18.2 Å². The molecule has 1 aliphatic carbocycles. The molecular weight excluding hydrogens is 268 g/mol. The molecule has 0 aromatic heterocycles. The molecular formula is C13H17ClN2OS. The summed E-state index contributed by atoms with van der Waals surface area (Å²) in [4.78, 5) is 0. The van der Waals surface area contributed by atoms with E-state index in [9.17, 15) is 5.11 Å². The fourth-order valence-corrected chi connectivity index (χ4v) is 2.66. The van der Waals surface area contributed by atoms with Crippen LogP contribution in [0.25, 0.3) is 0 Å². The molecule has 1 aromatic rings. The second-order valence-electron chi connectivity index (χ2n) is 4.57. The van der Waals surface area contributed by atoms with Gasteiger partial charge in [-0.3, -0.25) is 0 Å². The zero-order valence-corrected chi connectivity index (χ0v) is 11.7. The normalized spacial score (nSPS) is 16.3. The van der Waals surface area contributed by atoms with Crippen molar-refractivity contribution in [3.05, 3.63) is 23.2 Å². The molecule has 0 atom stereocenters. The Morgan fingerprint density at radius 2 is 2.00 bits per heavy atom. The Bertz CT molecular complexity index is 433. The van der Waals surface area contributed by atoms with Crippen molar-refractivity contribution in [2.24, 2.45) is 0 Å². The van der Waals surface area contributed by atoms with Crippen molar-refractivity contribution in [1.29, 1.82) is 0 Å². The highest BCUT2D eigenvalue weighted by atomic mass is 35.5. The summed E-state index contributed by atoms with van der Waals surface area (Å²) in [7, 11) is 0. The van der Waals surface area contributed by atoms with Crippen LogP contribution in [0, 0.1) is 0 Å². The lowest BCUT2D eigenvalue weighted by Crippen LogP contribution is -2.38. The van der Waals surface area contributed by atoms with E-state index in [1.54, 1.807) is 18.2 Å². The number of halogens is 1. The van der Waals surface area contributed by atoms with E-state index in [1.807, 2.05) is 0 Å². The van der Waals surface area contributed by atoms with Crippen LogP contribution in [0.3, 0.4) is 0 Å².